The molecule has 2 aromatic heterocycles. The molecule has 3 N–H and O–H groups in total. The van der Waals surface area contributed by atoms with E-state index in [0.717, 1.165) is 24.3 Å². The molecule has 3 heterocycles. The molecule has 4 rings (SSSR count). The summed E-state index contributed by atoms with van der Waals surface area (Å²) >= 11 is 0. The first kappa shape index (κ1) is 24.8. The molecule has 9 heteroatoms. The highest BCUT2D eigenvalue weighted by molar-refractivity contribution is 5.74. The van der Waals surface area contributed by atoms with Gasteiger partial charge in [-0.3, -0.25) is 4.90 Å². The Morgan fingerprint density at radius 1 is 1.14 bits per heavy atom. The molecule has 1 saturated heterocycles. The van der Waals surface area contributed by atoms with Crippen LogP contribution < -0.4 is 15.5 Å². The van der Waals surface area contributed by atoms with E-state index in [0.29, 0.717) is 48.0 Å². The van der Waals surface area contributed by atoms with Crippen LogP contribution in [0.25, 0.3) is 11.3 Å². The van der Waals surface area contributed by atoms with Gasteiger partial charge in [0.15, 0.2) is 5.82 Å². The second-order valence-corrected chi connectivity index (χ2v) is 9.04. The van der Waals surface area contributed by atoms with Crippen LogP contribution in [0.15, 0.2) is 42.6 Å². The second-order valence-electron chi connectivity index (χ2n) is 9.04. The van der Waals surface area contributed by atoms with Gasteiger partial charge >= 0.3 is 0 Å². The lowest BCUT2D eigenvalue weighted by atomic mass is 10.1. The van der Waals surface area contributed by atoms with Crippen molar-refractivity contribution in [2.75, 3.05) is 55.8 Å². The number of benzene rings is 1. The van der Waals surface area contributed by atoms with E-state index in [-0.39, 0.29) is 11.8 Å². The smallest absolute Gasteiger partial charge is 0.169 e. The van der Waals surface area contributed by atoms with Crippen LogP contribution in [0.2, 0.25) is 0 Å². The van der Waals surface area contributed by atoms with Gasteiger partial charge in [0.05, 0.1) is 23.6 Å². The molecule has 0 bridgehead atoms. The highest BCUT2D eigenvalue weighted by atomic mass is 16.3. The van der Waals surface area contributed by atoms with E-state index < -0.39 is 0 Å². The van der Waals surface area contributed by atoms with E-state index in [4.69, 9.17) is 5.73 Å². The van der Waals surface area contributed by atoms with Gasteiger partial charge in [0.2, 0.25) is 0 Å². The van der Waals surface area contributed by atoms with Gasteiger partial charge in [-0.25, -0.2) is 4.98 Å². The number of rotatable bonds is 4. The van der Waals surface area contributed by atoms with Crippen LogP contribution in [0.1, 0.15) is 24.6 Å². The monoisotopic (exact) mass is 482 g/mol. The Bertz CT molecular complexity index is 1340. The number of hydrogen-bond acceptors (Lipinski definition) is 9. The fraction of sp³-hybridized carbons (Fsp3) is 0.333. The lowest BCUT2D eigenvalue weighted by Crippen LogP contribution is -2.35. The van der Waals surface area contributed by atoms with Crippen LogP contribution >= 0.6 is 0 Å². The van der Waals surface area contributed by atoms with Crippen LogP contribution in [0.4, 0.5) is 17.2 Å². The summed E-state index contributed by atoms with van der Waals surface area (Å²) in [4.78, 5) is 10.8. The summed E-state index contributed by atoms with van der Waals surface area (Å²) in [6, 6.07) is 13.3. The molecule has 0 aliphatic carbocycles. The normalized spacial score (nSPS) is 15.7. The predicted octanol–water partition coefficient (Wildman–Crippen LogP) is 2.72. The van der Waals surface area contributed by atoms with E-state index >= 15 is 0 Å². The van der Waals surface area contributed by atoms with E-state index in [1.165, 1.54) is 0 Å². The van der Waals surface area contributed by atoms with Crippen molar-refractivity contribution in [3.63, 3.8) is 0 Å². The summed E-state index contributed by atoms with van der Waals surface area (Å²) in [6.07, 6.45) is 2.57. The maximum Gasteiger partial charge on any atom is 0.169 e. The maximum atomic E-state index is 10.3. The minimum atomic E-state index is 0.143. The van der Waals surface area contributed by atoms with Crippen molar-refractivity contribution < 1.29 is 5.11 Å². The SMILES string of the molecule is C[C@@H]1CCN(c2cc(-c3ccccc3O)nnc2N)CCN1c1ccnc(C#CCN(C)C)c1C#N. The first-order valence-electron chi connectivity index (χ1n) is 11.8. The lowest BCUT2D eigenvalue weighted by molar-refractivity contribution is 0.464. The minimum absolute atomic E-state index is 0.143. The van der Waals surface area contributed by atoms with Crippen LogP contribution in [0.5, 0.6) is 5.75 Å². The van der Waals surface area contributed by atoms with E-state index in [1.807, 2.05) is 37.2 Å². The van der Waals surface area contributed by atoms with E-state index in [1.54, 1.807) is 24.4 Å². The van der Waals surface area contributed by atoms with Gasteiger partial charge in [-0.2, -0.15) is 5.26 Å². The third-order valence-corrected chi connectivity index (χ3v) is 6.23. The fourth-order valence-corrected chi connectivity index (χ4v) is 4.30. The zero-order valence-electron chi connectivity index (χ0n) is 20.8. The number of aromatic hydroxyl groups is 1. The Balaban J connectivity index is 1.61. The number of nitrogen functional groups attached to an aromatic ring is 1. The van der Waals surface area contributed by atoms with Crippen molar-refractivity contribution >= 4 is 17.2 Å². The van der Waals surface area contributed by atoms with Crippen LogP contribution in [-0.4, -0.2) is 71.5 Å². The van der Waals surface area contributed by atoms with Gasteiger partial charge in [-0.05, 0) is 57.6 Å². The molecule has 0 amide bonds. The lowest BCUT2D eigenvalue weighted by Gasteiger charge is -2.30. The number of phenols is 1. The first-order chi connectivity index (χ1) is 17.4. The fourth-order valence-electron chi connectivity index (χ4n) is 4.30. The molecule has 0 spiro atoms. The highest BCUT2D eigenvalue weighted by Crippen LogP contribution is 2.33. The number of nitrogens with zero attached hydrogens (tertiary/aromatic N) is 7. The van der Waals surface area contributed by atoms with Crippen molar-refractivity contribution in [2.45, 2.75) is 19.4 Å². The van der Waals surface area contributed by atoms with Gasteiger partial charge in [0, 0.05) is 37.4 Å². The average Bonchev–Trinajstić information content (AvgIpc) is 3.06. The number of phenolic OH excluding ortho intramolecular Hbond substituents is 1. The Morgan fingerprint density at radius 2 is 1.94 bits per heavy atom. The minimum Gasteiger partial charge on any atom is -0.507 e. The molecule has 36 heavy (non-hydrogen) atoms. The molecule has 0 unspecified atom stereocenters. The van der Waals surface area contributed by atoms with Crippen LogP contribution in [0, 0.1) is 23.2 Å². The zero-order valence-corrected chi connectivity index (χ0v) is 20.8. The van der Waals surface area contributed by atoms with E-state index in [2.05, 4.69) is 49.8 Å². The summed E-state index contributed by atoms with van der Waals surface area (Å²) in [7, 11) is 3.90. The van der Waals surface area contributed by atoms with Crippen LogP contribution in [-0.2, 0) is 0 Å². The topological polar surface area (TPSA) is 118 Å². The number of nitrogens with two attached hydrogens (primary N) is 1. The van der Waals surface area contributed by atoms with Gasteiger partial charge < -0.3 is 20.6 Å². The van der Waals surface area contributed by atoms with Crippen molar-refractivity contribution in [1.82, 2.24) is 20.1 Å². The van der Waals surface area contributed by atoms with Crippen molar-refractivity contribution in [1.29, 1.82) is 5.26 Å². The zero-order chi connectivity index (χ0) is 25.7. The molecule has 1 aromatic carbocycles. The average molecular weight is 483 g/mol. The number of anilines is 3. The first-order valence-corrected chi connectivity index (χ1v) is 11.8. The number of hydrogen-bond donors (Lipinski definition) is 2. The predicted molar refractivity (Wildman–Crippen MR) is 142 cm³/mol. The van der Waals surface area contributed by atoms with Gasteiger partial charge in [-0.15, -0.1) is 10.2 Å². The molecule has 0 saturated carbocycles. The van der Waals surface area contributed by atoms with Gasteiger partial charge in [0.1, 0.15) is 23.1 Å². The molecule has 1 aliphatic heterocycles. The maximum absolute atomic E-state index is 10.3. The number of aromatic nitrogens is 3. The summed E-state index contributed by atoms with van der Waals surface area (Å²) in [5.74, 6) is 6.62. The Hall–Kier alpha value is -4.34. The quantitative estimate of drug-likeness (QED) is 0.541. The molecule has 3 aromatic rings. The summed E-state index contributed by atoms with van der Waals surface area (Å²) in [5, 5.41) is 28.6. The summed E-state index contributed by atoms with van der Waals surface area (Å²) in [5.41, 5.74) is 10.0. The van der Waals surface area contributed by atoms with Crippen LogP contribution in [0.3, 0.4) is 0 Å². The largest absolute Gasteiger partial charge is 0.507 e. The van der Waals surface area contributed by atoms with E-state index in [9.17, 15) is 10.4 Å². The Kier molecular flexibility index (Phi) is 7.53. The highest BCUT2D eigenvalue weighted by Gasteiger charge is 2.26. The molecule has 9 nitrogen and oxygen atoms in total. The van der Waals surface area contributed by atoms with Crippen molar-refractivity contribution in [2.24, 2.45) is 0 Å². The number of nitriles is 1. The number of para-hydroxylation sites is 1. The standard InChI is InChI=1S/C27H30N8O/c1-19-11-14-34(25-17-23(31-32-27(25)29)20-7-4-5-9-26(20)36)15-16-35(19)24-10-12-30-22(21(24)18-28)8-6-13-33(2)3/h4-5,7,9-10,12,17,19,36H,11,13-16H2,1-3H3,(H2,29,32)/t19-/m1/s1. The molecular weight excluding hydrogens is 452 g/mol. The van der Waals surface area contributed by atoms with Gasteiger partial charge in [-0.1, -0.05) is 18.1 Å². The Morgan fingerprint density at radius 3 is 2.69 bits per heavy atom. The molecule has 184 valence electrons. The second kappa shape index (κ2) is 10.9. The molecule has 1 aliphatic rings. The van der Waals surface area contributed by atoms with Gasteiger partial charge in [0.25, 0.3) is 0 Å². The molecule has 1 fully saturated rings. The van der Waals surface area contributed by atoms with Crippen molar-refractivity contribution in [3.8, 4) is 34.9 Å². The molecule has 0 radical (unpaired) electrons. The Labute approximate surface area is 211 Å². The number of pyridine rings is 1. The summed E-state index contributed by atoms with van der Waals surface area (Å²) in [6.45, 7) is 4.86. The van der Waals surface area contributed by atoms with Crippen molar-refractivity contribution in [3.05, 3.63) is 53.9 Å². The third kappa shape index (κ3) is 5.32. The molecule has 1 atom stereocenters. The summed E-state index contributed by atoms with van der Waals surface area (Å²) < 4.78 is 0. The third-order valence-electron chi connectivity index (χ3n) is 6.23. The molecular formula is C27H30N8O.